The first-order chi connectivity index (χ1) is 11.5. The third-order valence-electron chi connectivity index (χ3n) is 3.54. The minimum Gasteiger partial charge on any atom is -0.497 e. The second-order valence-electron chi connectivity index (χ2n) is 5.35. The van der Waals surface area contributed by atoms with Crippen molar-refractivity contribution < 1.29 is 14.3 Å². The van der Waals surface area contributed by atoms with Gasteiger partial charge in [-0.15, -0.1) is 0 Å². The van der Waals surface area contributed by atoms with Crippen molar-refractivity contribution in [2.24, 2.45) is 0 Å². The molecule has 1 heterocycles. The third-order valence-corrected chi connectivity index (χ3v) is 3.54. The van der Waals surface area contributed by atoms with Gasteiger partial charge in [-0.3, -0.25) is 9.59 Å². The van der Waals surface area contributed by atoms with Gasteiger partial charge in [0.1, 0.15) is 11.4 Å². The molecule has 6 nitrogen and oxygen atoms in total. The predicted molar refractivity (Wildman–Crippen MR) is 93.5 cm³/mol. The lowest BCUT2D eigenvalue weighted by molar-refractivity contribution is -0.114. The summed E-state index contributed by atoms with van der Waals surface area (Å²) in [7, 11) is 1.60. The van der Waals surface area contributed by atoms with Crippen LogP contribution in [0.5, 0.6) is 5.75 Å². The summed E-state index contributed by atoms with van der Waals surface area (Å²) in [5, 5.41) is 6.42. The lowest BCUT2D eigenvalue weighted by Gasteiger charge is -2.06. The quantitative estimate of drug-likeness (QED) is 0.688. The summed E-state index contributed by atoms with van der Waals surface area (Å²) in [5.41, 5.74) is 2.62. The molecule has 0 fully saturated rings. The van der Waals surface area contributed by atoms with Crippen LogP contribution in [0.1, 0.15) is 17.4 Å². The molecule has 6 heteroatoms. The average molecular weight is 323 g/mol. The van der Waals surface area contributed by atoms with Crippen molar-refractivity contribution in [3.05, 3.63) is 54.2 Å². The molecule has 2 aromatic carbocycles. The number of fused-ring (bicyclic) bond motifs is 1. The molecule has 24 heavy (non-hydrogen) atoms. The first kappa shape index (κ1) is 15.6. The van der Waals surface area contributed by atoms with Gasteiger partial charge in [0, 0.05) is 35.3 Å². The molecule has 0 saturated carbocycles. The SMILES string of the molecule is COc1ccc2cc(C(=O)Nc3ccc(NC(C)=O)cc3)[nH]c2c1. The molecule has 3 N–H and O–H groups in total. The van der Waals surface area contributed by atoms with Crippen LogP contribution in [0.25, 0.3) is 10.9 Å². The molecule has 2 amide bonds. The Hall–Kier alpha value is -3.28. The maximum Gasteiger partial charge on any atom is 0.272 e. The fraction of sp³-hybridized carbons (Fsp3) is 0.111. The molecule has 0 radical (unpaired) electrons. The number of ether oxygens (including phenoxy) is 1. The van der Waals surface area contributed by atoms with E-state index in [1.165, 1.54) is 6.92 Å². The van der Waals surface area contributed by atoms with Crippen LogP contribution in [0.2, 0.25) is 0 Å². The van der Waals surface area contributed by atoms with E-state index in [9.17, 15) is 9.59 Å². The van der Waals surface area contributed by atoms with E-state index >= 15 is 0 Å². The highest BCUT2D eigenvalue weighted by Crippen LogP contribution is 2.22. The van der Waals surface area contributed by atoms with Gasteiger partial charge in [-0.1, -0.05) is 0 Å². The van der Waals surface area contributed by atoms with Crippen LogP contribution < -0.4 is 15.4 Å². The number of hydrogen-bond acceptors (Lipinski definition) is 3. The fourth-order valence-electron chi connectivity index (χ4n) is 2.39. The molecule has 1 aromatic heterocycles. The van der Waals surface area contributed by atoms with E-state index in [1.54, 1.807) is 37.4 Å². The number of carbonyl (C=O) groups excluding carboxylic acids is 2. The van der Waals surface area contributed by atoms with E-state index in [0.29, 0.717) is 17.1 Å². The molecule has 0 aliphatic heterocycles. The number of nitrogens with one attached hydrogen (secondary N) is 3. The topological polar surface area (TPSA) is 83.2 Å². The van der Waals surface area contributed by atoms with Gasteiger partial charge in [0.05, 0.1) is 7.11 Å². The Morgan fingerprint density at radius 1 is 0.958 bits per heavy atom. The van der Waals surface area contributed by atoms with Crippen LogP contribution in [-0.2, 0) is 4.79 Å². The largest absolute Gasteiger partial charge is 0.497 e. The number of hydrogen-bond donors (Lipinski definition) is 3. The third kappa shape index (κ3) is 3.38. The summed E-state index contributed by atoms with van der Waals surface area (Å²) in [6.45, 7) is 1.45. The summed E-state index contributed by atoms with van der Waals surface area (Å²) in [5.74, 6) is 0.350. The highest BCUT2D eigenvalue weighted by molar-refractivity contribution is 6.06. The molecule has 0 aliphatic rings. The maximum absolute atomic E-state index is 12.4. The van der Waals surface area contributed by atoms with E-state index in [-0.39, 0.29) is 11.8 Å². The molecule has 0 unspecified atom stereocenters. The molecule has 0 saturated heterocycles. The van der Waals surface area contributed by atoms with Crippen LogP contribution in [0.4, 0.5) is 11.4 Å². The van der Waals surface area contributed by atoms with Crippen molar-refractivity contribution in [1.29, 1.82) is 0 Å². The first-order valence-electron chi connectivity index (χ1n) is 7.41. The Kier molecular flexibility index (Phi) is 4.20. The van der Waals surface area contributed by atoms with Gasteiger partial charge in [0.25, 0.3) is 5.91 Å². The Balaban J connectivity index is 1.75. The number of aromatic nitrogens is 1. The van der Waals surface area contributed by atoms with Gasteiger partial charge in [-0.05, 0) is 42.5 Å². The zero-order valence-corrected chi connectivity index (χ0v) is 13.3. The summed E-state index contributed by atoms with van der Waals surface area (Å²) in [6.07, 6.45) is 0. The van der Waals surface area contributed by atoms with Gasteiger partial charge in [-0.2, -0.15) is 0 Å². The summed E-state index contributed by atoms with van der Waals surface area (Å²) in [6, 6.07) is 14.3. The second-order valence-corrected chi connectivity index (χ2v) is 5.35. The van der Waals surface area contributed by atoms with E-state index in [0.717, 1.165) is 16.7 Å². The van der Waals surface area contributed by atoms with Gasteiger partial charge in [0.2, 0.25) is 5.91 Å². The molecule has 122 valence electrons. The van der Waals surface area contributed by atoms with Crippen molar-refractivity contribution in [2.75, 3.05) is 17.7 Å². The smallest absolute Gasteiger partial charge is 0.272 e. The predicted octanol–water partition coefficient (Wildman–Crippen LogP) is 3.39. The molecule has 0 bridgehead atoms. The minimum absolute atomic E-state index is 0.139. The van der Waals surface area contributed by atoms with Crippen molar-refractivity contribution in [3.8, 4) is 5.75 Å². The maximum atomic E-state index is 12.4. The van der Waals surface area contributed by atoms with Crippen LogP contribution >= 0.6 is 0 Å². The van der Waals surface area contributed by atoms with E-state index in [4.69, 9.17) is 4.74 Å². The lowest BCUT2D eigenvalue weighted by atomic mass is 10.2. The number of anilines is 2. The van der Waals surface area contributed by atoms with Crippen molar-refractivity contribution >= 4 is 34.1 Å². The van der Waals surface area contributed by atoms with Gasteiger partial charge in [-0.25, -0.2) is 0 Å². The molecular formula is C18H17N3O3. The Morgan fingerprint density at radius 2 is 1.62 bits per heavy atom. The highest BCUT2D eigenvalue weighted by Gasteiger charge is 2.10. The number of rotatable bonds is 4. The lowest BCUT2D eigenvalue weighted by Crippen LogP contribution is -2.12. The Bertz CT molecular complexity index is 898. The summed E-state index contributed by atoms with van der Waals surface area (Å²) in [4.78, 5) is 26.4. The van der Waals surface area contributed by atoms with E-state index in [2.05, 4.69) is 15.6 Å². The second kappa shape index (κ2) is 6.45. The zero-order chi connectivity index (χ0) is 17.1. The van der Waals surface area contributed by atoms with Gasteiger partial charge < -0.3 is 20.4 Å². The molecule has 3 aromatic rings. The van der Waals surface area contributed by atoms with Crippen LogP contribution in [0.15, 0.2) is 48.5 Å². The van der Waals surface area contributed by atoms with Crippen LogP contribution in [-0.4, -0.2) is 23.9 Å². The number of carbonyl (C=O) groups is 2. The van der Waals surface area contributed by atoms with Gasteiger partial charge >= 0.3 is 0 Å². The van der Waals surface area contributed by atoms with Crippen molar-refractivity contribution in [2.45, 2.75) is 6.92 Å². The Morgan fingerprint density at radius 3 is 2.25 bits per heavy atom. The standard InChI is InChI=1S/C18H17N3O3/c1-11(22)19-13-4-6-14(7-5-13)20-18(23)17-9-12-3-8-15(24-2)10-16(12)21-17/h3-10,21H,1-2H3,(H,19,22)(H,20,23). The monoisotopic (exact) mass is 323 g/mol. The molecule has 0 atom stereocenters. The highest BCUT2D eigenvalue weighted by atomic mass is 16.5. The molecule has 0 spiro atoms. The molecule has 3 rings (SSSR count). The van der Waals surface area contributed by atoms with E-state index in [1.807, 2.05) is 18.2 Å². The van der Waals surface area contributed by atoms with Crippen molar-refractivity contribution in [3.63, 3.8) is 0 Å². The number of amides is 2. The number of benzene rings is 2. The summed E-state index contributed by atoms with van der Waals surface area (Å²) >= 11 is 0. The van der Waals surface area contributed by atoms with Crippen LogP contribution in [0.3, 0.4) is 0 Å². The van der Waals surface area contributed by atoms with E-state index < -0.39 is 0 Å². The Labute approximate surface area is 138 Å². The van der Waals surface area contributed by atoms with Crippen LogP contribution in [0, 0.1) is 0 Å². The molecular weight excluding hydrogens is 306 g/mol. The summed E-state index contributed by atoms with van der Waals surface area (Å²) < 4.78 is 5.18. The zero-order valence-electron chi connectivity index (χ0n) is 13.3. The number of H-pyrrole nitrogens is 1. The minimum atomic E-state index is -0.238. The number of methoxy groups -OCH3 is 1. The first-order valence-corrected chi connectivity index (χ1v) is 7.41. The average Bonchev–Trinajstić information content (AvgIpc) is 2.99. The normalized spacial score (nSPS) is 10.4. The van der Waals surface area contributed by atoms with Gasteiger partial charge in [0.15, 0.2) is 0 Å². The molecule has 0 aliphatic carbocycles. The fourth-order valence-corrected chi connectivity index (χ4v) is 2.39. The van der Waals surface area contributed by atoms with Crippen molar-refractivity contribution in [1.82, 2.24) is 4.98 Å². The number of aromatic amines is 1.